The first-order chi connectivity index (χ1) is 5.46. The summed E-state index contributed by atoms with van der Waals surface area (Å²) in [6.07, 6.45) is 2.43. The predicted octanol–water partition coefficient (Wildman–Crippen LogP) is 2.19. The standard InChI is InChI=1S/C10H18O2/c1-6-7-9(12-5)10(3,4)8(2)11/h6,9H,1,7H2,2-5H3. The van der Waals surface area contributed by atoms with Gasteiger partial charge in [0.05, 0.1) is 6.10 Å². The Morgan fingerprint density at radius 2 is 2.17 bits per heavy atom. The molecule has 0 aliphatic rings. The Morgan fingerprint density at radius 1 is 1.67 bits per heavy atom. The van der Waals surface area contributed by atoms with E-state index in [0.717, 1.165) is 0 Å². The second kappa shape index (κ2) is 4.41. The predicted molar refractivity (Wildman–Crippen MR) is 50.1 cm³/mol. The maximum atomic E-state index is 11.2. The van der Waals surface area contributed by atoms with E-state index in [1.807, 2.05) is 13.8 Å². The van der Waals surface area contributed by atoms with Gasteiger partial charge in [0.25, 0.3) is 0 Å². The molecule has 0 aromatic rings. The Hall–Kier alpha value is -0.630. The van der Waals surface area contributed by atoms with Gasteiger partial charge in [-0.1, -0.05) is 19.9 Å². The van der Waals surface area contributed by atoms with Gasteiger partial charge in [-0.2, -0.15) is 0 Å². The summed E-state index contributed by atoms with van der Waals surface area (Å²) >= 11 is 0. The van der Waals surface area contributed by atoms with Crippen LogP contribution in [0.4, 0.5) is 0 Å². The van der Waals surface area contributed by atoms with Crippen LogP contribution in [0.2, 0.25) is 0 Å². The second-order valence-corrected chi connectivity index (χ2v) is 3.53. The maximum absolute atomic E-state index is 11.2. The molecule has 0 aliphatic heterocycles. The van der Waals surface area contributed by atoms with E-state index in [4.69, 9.17) is 4.74 Å². The van der Waals surface area contributed by atoms with E-state index in [-0.39, 0.29) is 11.9 Å². The van der Waals surface area contributed by atoms with Crippen LogP contribution in [0.25, 0.3) is 0 Å². The zero-order valence-corrected chi connectivity index (χ0v) is 8.39. The van der Waals surface area contributed by atoms with Gasteiger partial charge in [0.1, 0.15) is 5.78 Å². The van der Waals surface area contributed by atoms with Crippen molar-refractivity contribution in [3.63, 3.8) is 0 Å². The molecule has 0 heterocycles. The van der Waals surface area contributed by atoms with Crippen LogP contribution in [0.15, 0.2) is 12.7 Å². The van der Waals surface area contributed by atoms with Gasteiger partial charge in [-0.25, -0.2) is 0 Å². The Kier molecular flexibility index (Phi) is 4.18. The van der Waals surface area contributed by atoms with Gasteiger partial charge in [0.15, 0.2) is 0 Å². The van der Waals surface area contributed by atoms with Crippen LogP contribution in [-0.4, -0.2) is 19.0 Å². The SMILES string of the molecule is C=CCC(OC)C(C)(C)C(C)=O. The number of carbonyl (C=O) groups excluding carboxylic acids is 1. The number of methoxy groups -OCH3 is 1. The largest absolute Gasteiger partial charge is 0.380 e. The molecule has 0 amide bonds. The molecule has 0 aliphatic carbocycles. The van der Waals surface area contributed by atoms with Crippen molar-refractivity contribution in [2.24, 2.45) is 5.41 Å². The van der Waals surface area contributed by atoms with Gasteiger partial charge in [-0.3, -0.25) is 4.79 Å². The smallest absolute Gasteiger partial charge is 0.138 e. The van der Waals surface area contributed by atoms with Crippen LogP contribution in [0.1, 0.15) is 27.2 Å². The quantitative estimate of drug-likeness (QED) is 0.591. The first kappa shape index (κ1) is 11.4. The minimum absolute atomic E-state index is 0.0625. The van der Waals surface area contributed by atoms with E-state index >= 15 is 0 Å². The molecule has 70 valence electrons. The lowest BCUT2D eigenvalue weighted by Gasteiger charge is -2.29. The van der Waals surface area contributed by atoms with E-state index < -0.39 is 5.41 Å². The highest BCUT2D eigenvalue weighted by molar-refractivity contribution is 5.82. The fourth-order valence-electron chi connectivity index (χ4n) is 1.06. The molecule has 0 aromatic carbocycles. The molecule has 0 saturated carbocycles. The number of hydrogen-bond donors (Lipinski definition) is 0. The average Bonchev–Trinajstić information content (AvgIpc) is 1.99. The average molecular weight is 170 g/mol. The lowest BCUT2D eigenvalue weighted by atomic mass is 9.81. The second-order valence-electron chi connectivity index (χ2n) is 3.53. The number of ketones is 1. The summed E-state index contributed by atoms with van der Waals surface area (Å²) in [6.45, 7) is 9.01. The normalized spacial score (nSPS) is 14.0. The monoisotopic (exact) mass is 170 g/mol. The van der Waals surface area contributed by atoms with Gasteiger partial charge in [0, 0.05) is 12.5 Å². The Morgan fingerprint density at radius 3 is 2.42 bits per heavy atom. The highest BCUT2D eigenvalue weighted by atomic mass is 16.5. The summed E-state index contributed by atoms with van der Waals surface area (Å²) in [5.41, 5.74) is -0.414. The molecule has 0 radical (unpaired) electrons. The maximum Gasteiger partial charge on any atom is 0.138 e. The zero-order valence-electron chi connectivity index (χ0n) is 8.39. The van der Waals surface area contributed by atoms with Crippen molar-refractivity contribution < 1.29 is 9.53 Å². The van der Waals surface area contributed by atoms with E-state index in [2.05, 4.69) is 6.58 Å². The Labute approximate surface area is 74.6 Å². The molecule has 1 atom stereocenters. The number of rotatable bonds is 5. The summed E-state index contributed by atoms with van der Waals surface area (Å²) in [5.74, 6) is 0.149. The highest BCUT2D eigenvalue weighted by Gasteiger charge is 2.33. The van der Waals surface area contributed by atoms with Gasteiger partial charge in [-0.15, -0.1) is 6.58 Å². The Balaban J connectivity index is 4.46. The van der Waals surface area contributed by atoms with E-state index in [1.165, 1.54) is 0 Å². The van der Waals surface area contributed by atoms with E-state index in [9.17, 15) is 4.79 Å². The molecule has 12 heavy (non-hydrogen) atoms. The van der Waals surface area contributed by atoms with Gasteiger partial charge in [0.2, 0.25) is 0 Å². The number of ether oxygens (including phenoxy) is 1. The molecular formula is C10H18O2. The molecular weight excluding hydrogens is 152 g/mol. The molecule has 2 heteroatoms. The van der Waals surface area contributed by atoms with Crippen molar-refractivity contribution in [2.45, 2.75) is 33.3 Å². The summed E-state index contributed by atoms with van der Waals surface area (Å²) in [7, 11) is 1.62. The summed E-state index contributed by atoms with van der Waals surface area (Å²) < 4.78 is 5.22. The third-order valence-corrected chi connectivity index (χ3v) is 2.38. The van der Waals surface area contributed by atoms with E-state index in [0.29, 0.717) is 6.42 Å². The molecule has 1 unspecified atom stereocenters. The van der Waals surface area contributed by atoms with Crippen molar-refractivity contribution >= 4 is 5.78 Å². The molecule has 0 rings (SSSR count). The van der Waals surface area contributed by atoms with Crippen LogP contribution in [0.3, 0.4) is 0 Å². The van der Waals surface area contributed by atoms with Crippen LogP contribution >= 0.6 is 0 Å². The van der Waals surface area contributed by atoms with Gasteiger partial charge in [-0.05, 0) is 13.3 Å². The topological polar surface area (TPSA) is 26.3 Å². The number of hydrogen-bond acceptors (Lipinski definition) is 2. The van der Waals surface area contributed by atoms with Crippen LogP contribution < -0.4 is 0 Å². The third-order valence-electron chi connectivity index (χ3n) is 2.38. The zero-order chi connectivity index (χ0) is 9.78. The van der Waals surface area contributed by atoms with E-state index in [1.54, 1.807) is 20.1 Å². The van der Waals surface area contributed by atoms with Gasteiger partial charge < -0.3 is 4.74 Å². The lowest BCUT2D eigenvalue weighted by Crippen LogP contribution is -2.36. The molecule has 0 bridgehead atoms. The fraction of sp³-hybridized carbons (Fsp3) is 0.700. The molecule has 0 aromatic heterocycles. The first-order valence-electron chi connectivity index (χ1n) is 4.11. The third kappa shape index (κ3) is 2.45. The highest BCUT2D eigenvalue weighted by Crippen LogP contribution is 2.26. The lowest BCUT2D eigenvalue weighted by molar-refractivity contribution is -0.132. The van der Waals surface area contributed by atoms with Crippen molar-refractivity contribution in [3.8, 4) is 0 Å². The first-order valence-corrected chi connectivity index (χ1v) is 4.11. The fourth-order valence-corrected chi connectivity index (χ4v) is 1.06. The van der Waals surface area contributed by atoms with Crippen molar-refractivity contribution in [2.75, 3.05) is 7.11 Å². The number of carbonyl (C=O) groups is 1. The molecule has 0 spiro atoms. The van der Waals surface area contributed by atoms with Crippen molar-refractivity contribution in [1.82, 2.24) is 0 Å². The van der Waals surface area contributed by atoms with Crippen molar-refractivity contribution in [3.05, 3.63) is 12.7 Å². The summed E-state index contributed by atoms with van der Waals surface area (Å²) in [5, 5.41) is 0. The minimum atomic E-state index is -0.414. The summed E-state index contributed by atoms with van der Waals surface area (Å²) in [6, 6.07) is 0. The minimum Gasteiger partial charge on any atom is -0.380 e. The van der Waals surface area contributed by atoms with Crippen LogP contribution in [0.5, 0.6) is 0 Å². The summed E-state index contributed by atoms with van der Waals surface area (Å²) in [4.78, 5) is 11.2. The number of Topliss-reactive ketones (excluding diaryl/α,β-unsaturated/α-hetero) is 1. The van der Waals surface area contributed by atoms with Crippen LogP contribution in [0, 0.1) is 5.41 Å². The van der Waals surface area contributed by atoms with Gasteiger partial charge >= 0.3 is 0 Å². The van der Waals surface area contributed by atoms with Crippen molar-refractivity contribution in [1.29, 1.82) is 0 Å². The molecule has 0 fully saturated rings. The molecule has 0 saturated heterocycles. The Bertz CT molecular complexity index is 171. The molecule has 0 N–H and O–H groups in total. The molecule has 2 nitrogen and oxygen atoms in total. The van der Waals surface area contributed by atoms with Crippen LogP contribution in [-0.2, 0) is 9.53 Å².